The van der Waals surface area contributed by atoms with E-state index in [2.05, 4.69) is 27.8 Å². The number of nitrogens with zero attached hydrogens (tertiary/aromatic N) is 2. The monoisotopic (exact) mass is 243 g/mol. The van der Waals surface area contributed by atoms with Crippen molar-refractivity contribution in [1.82, 2.24) is 10.3 Å². The van der Waals surface area contributed by atoms with Gasteiger partial charge in [-0.3, -0.25) is 0 Å². The Bertz CT molecular complexity index is 500. The first-order chi connectivity index (χ1) is 8.38. The molecular formula is C13H13N3S. The third kappa shape index (κ3) is 3.66. The molecule has 0 saturated carbocycles. The van der Waals surface area contributed by atoms with E-state index in [1.165, 1.54) is 4.88 Å². The van der Waals surface area contributed by atoms with Gasteiger partial charge in [0.25, 0.3) is 0 Å². The lowest BCUT2D eigenvalue weighted by Crippen LogP contribution is -2.16. The molecule has 0 amide bonds. The highest BCUT2D eigenvalue weighted by molar-refractivity contribution is 7.09. The predicted octanol–water partition coefficient (Wildman–Crippen LogP) is 2.35. The summed E-state index contributed by atoms with van der Waals surface area (Å²) in [7, 11) is 0. The van der Waals surface area contributed by atoms with Gasteiger partial charge >= 0.3 is 0 Å². The first kappa shape index (κ1) is 11.8. The molecule has 0 bridgehead atoms. The van der Waals surface area contributed by atoms with Crippen molar-refractivity contribution in [2.75, 3.05) is 6.54 Å². The Balaban J connectivity index is 1.76. The van der Waals surface area contributed by atoms with Crippen LogP contribution >= 0.6 is 11.3 Å². The molecule has 0 unspecified atom stereocenters. The fraction of sp³-hybridized carbons (Fsp3) is 0.231. The van der Waals surface area contributed by atoms with E-state index in [1.54, 1.807) is 17.5 Å². The molecule has 0 spiro atoms. The third-order valence-electron chi connectivity index (χ3n) is 2.40. The largest absolute Gasteiger partial charge is 0.312 e. The Morgan fingerprint density at radius 1 is 1.41 bits per heavy atom. The van der Waals surface area contributed by atoms with Crippen molar-refractivity contribution in [1.29, 1.82) is 5.26 Å². The van der Waals surface area contributed by atoms with Crippen LogP contribution in [-0.4, -0.2) is 11.5 Å². The molecule has 17 heavy (non-hydrogen) atoms. The predicted molar refractivity (Wildman–Crippen MR) is 68.7 cm³/mol. The molecule has 2 aromatic rings. The van der Waals surface area contributed by atoms with Crippen molar-refractivity contribution >= 4 is 11.3 Å². The highest BCUT2D eigenvalue weighted by Crippen LogP contribution is 2.08. The smallest absolute Gasteiger partial charge is 0.140 e. The molecule has 0 atom stereocenters. The summed E-state index contributed by atoms with van der Waals surface area (Å²) in [5.74, 6) is 0. The molecular weight excluding hydrogens is 230 g/mol. The van der Waals surface area contributed by atoms with Gasteiger partial charge in [-0.15, -0.1) is 11.3 Å². The molecule has 0 aliphatic carbocycles. The van der Waals surface area contributed by atoms with E-state index in [1.807, 2.05) is 18.2 Å². The van der Waals surface area contributed by atoms with Gasteiger partial charge in [0.15, 0.2) is 0 Å². The number of hydrogen-bond donors (Lipinski definition) is 1. The molecule has 86 valence electrons. The Morgan fingerprint density at radius 3 is 3.12 bits per heavy atom. The number of nitriles is 1. The quantitative estimate of drug-likeness (QED) is 0.820. The van der Waals surface area contributed by atoms with Crippen LogP contribution in [0.2, 0.25) is 0 Å². The van der Waals surface area contributed by atoms with Crippen molar-refractivity contribution in [2.24, 2.45) is 0 Å². The second-order valence-electron chi connectivity index (χ2n) is 3.67. The van der Waals surface area contributed by atoms with Crippen molar-refractivity contribution in [3.63, 3.8) is 0 Å². The molecule has 0 aromatic carbocycles. The lowest BCUT2D eigenvalue weighted by Gasteiger charge is -2.03. The molecule has 0 aliphatic rings. The molecule has 0 fully saturated rings. The Morgan fingerprint density at radius 2 is 2.35 bits per heavy atom. The molecule has 0 aliphatic heterocycles. The summed E-state index contributed by atoms with van der Waals surface area (Å²) >= 11 is 1.78. The van der Waals surface area contributed by atoms with E-state index in [-0.39, 0.29) is 0 Å². The highest BCUT2D eigenvalue weighted by atomic mass is 32.1. The van der Waals surface area contributed by atoms with Gasteiger partial charge in [-0.25, -0.2) is 4.98 Å². The minimum atomic E-state index is 0.475. The average molecular weight is 243 g/mol. The maximum Gasteiger partial charge on any atom is 0.140 e. The van der Waals surface area contributed by atoms with Crippen LogP contribution < -0.4 is 5.32 Å². The van der Waals surface area contributed by atoms with Gasteiger partial charge in [0, 0.05) is 24.2 Å². The summed E-state index contributed by atoms with van der Waals surface area (Å²) in [5.41, 5.74) is 1.57. The summed E-state index contributed by atoms with van der Waals surface area (Å²) in [5, 5.41) is 14.2. The number of pyridine rings is 1. The molecule has 0 radical (unpaired) electrons. The van der Waals surface area contributed by atoms with E-state index in [4.69, 9.17) is 5.26 Å². The summed E-state index contributed by atoms with van der Waals surface area (Å²) in [4.78, 5) is 5.33. The van der Waals surface area contributed by atoms with Gasteiger partial charge in [0.1, 0.15) is 11.8 Å². The summed E-state index contributed by atoms with van der Waals surface area (Å²) in [6.45, 7) is 1.73. The maximum atomic E-state index is 8.73. The Hall–Kier alpha value is -1.70. The van der Waals surface area contributed by atoms with Gasteiger partial charge in [0.2, 0.25) is 0 Å². The third-order valence-corrected chi connectivity index (χ3v) is 3.33. The van der Waals surface area contributed by atoms with Crippen LogP contribution in [0.3, 0.4) is 0 Å². The Labute approximate surface area is 105 Å². The van der Waals surface area contributed by atoms with Crippen molar-refractivity contribution in [3.8, 4) is 6.07 Å². The average Bonchev–Trinajstić information content (AvgIpc) is 2.88. The normalized spacial score (nSPS) is 10.1. The second-order valence-corrected chi connectivity index (χ2v) is 4.70. The second kappa shape index (κ2) is 6.14. The lowest BCUT2D eigenvalue weighted by molar-refractivity contribution is 0.690. The van der Waals surface area contributed by atoms with Crippen LogP contribution in [0.4, 0.5) is 0 Å². The number of thiophene rings is 1. The Kier molecular flexibility index (Phi) is 4.25. The van der Waals surface area contributed by atoms with Gasteiger partial charge in [0.05, 0.1) is 0 Å². The van der Waals surface area contributed by atoms with Crippen molar-refractivity contribution < 1.29 is 0 Å². The standard InChI is InChI=1S/C13H13N3S/c14-9-12-8-11(3-6-16-12)10-15-5-4-13-2-1-7-17-13/h1-3,6-8,15H,4-5,10H2. The van der Waals surface area contributed by atoms with Gasteiger partial charge in [-0.1, -0.05) is 6.07 Å². The van der Waals surface area contributed by atoms with E-state index >= 15 is 0 Å². The van der Waals surface area contributed by atoms with Crippen LogP contribution in [0.25, 0.3) is 0 Å². The number of aromatic nitrogens is 1. The SMILES string of the molecule is N#Cc1cc(CNCCc2cccs2)ccn1. The fourth-order valence-electron chi connectivity index (χ4n) is 1.54. The summed E-state index contributed by atoms with van der Waals surface area (Å²) in [6.07, 6.45) is 2.72. The van der Waals surface area contributed by atoms with E-state index < -0.39 is 0 Å². The first-order valence-electron chi connectivity index (χ1n) is 5.46. The maximum absolute atomic E-state index is 8.73. The number of rotatable bonds is 5. The van der Waals surface area contributed by atoms with Crippen LogP contribution in [0, 0.1) is 11.3 Å². The molecule has 2 rings (SSSR count). The minimum Gasteiger partial charge on any atom is -0.312 e. The number of hydrogen-bond acceptors (Lipinski definition) is 4. The molecule has 2 aromatic heterocycles. The van der Waals surface area contributed by atoms with Crippen LogP contribution in [0.15, 0.2) is 35.8 Å². The molecule has 4 heteroatoms. The van der Waals surface area contributed by atoms with Gasteiger partial charge < -0.3 is 5.32 Å². The zero-order chi connectivity index (χ0) is 11.9. The van der Waals surface area contributed by atoms with Gasteiger partial charge in [-0.2, -0.15) is 5.26 Å². The molecule has 0 saturated heterocycles. The summed E-state index contributed by atoms with van der Waals surface area (Å²) in [6, 6.07) is 10.0. The minimum absolute atomic E-state index is 0.475. The topological polar surface area (TPSA) is 48.7 Å². The van der Waals surface area contributed by atoms with Crippen LogP contribution in [-0.2, 0) is 13.0 Å². The van der Waals surface area contributed by atoms with E-state index in [0.29, 0.717) is 5.69 Å². The van der Waals surface area contributed by atoms with Gasteiger partial charge in [-0.05, 0) is 35.6 Å². The van der Waals surface area contributed by atoms with E-state index in [9.17, 15) is 0 Å². The fourth-order valence-corrected chi connectivity index (χ4v) is 2.25. The van der Waals surface area contributed by atoms with Crippen LogP contribution in [0.1, 0.15) is 16.1 Å². The first-order valence-corrected chi connectivity index (χ1v) is 6.34. The number of nitrogens with one attached hydrogen (secondary N) is 1. The molecule has 2 heterocycles. The molecule has 1 N–H and O–H groups in total. The van der Waals surface area contributed by atoms with E-state index in [0.717, 1.165) is 25.1 Å². The zero-order valence-electron chi connectivity index (χ0n) is 9.39. The van der Waals surface area contributed by atoms with Crippen molar-refractivity contribution in [2.45, 2.75) is 13.0 Å². The van der Waals surface area contributed by atoms with Crippen LogP contribution in [0.5, 0.6) is 0 Å². The lowest BCUT2D eigenvalue weighted by atomic mass is 10.2. The van der Waals surface area contributed by atoms with Crippen molar-refractivity contribution in [3.05, 3.63) is 52.0 Å². The highest BCUT2D eigenvalue weighted by Gasteiger charge is 1.97. The molecule has 3 nitrogen and oxygen atoms in total. The summed E-state index contributed by atoms with van der Waals surface area (Å²) < 4.78 is 0. The zero-order valence-corrected chi connectivity index (χ0v) is 10.2.